The molecule has 11 nitrogen and oxygen atoms in total. The van der Waals surface area contributed by atoms with Gasteiger partial charge >= 0.3 is 12.3 Å². The van der Waals surface area contributed by atoms with Crippen molar-refractivity contribution in [3.8, 4) is 17.1 Å². The minimum Gasteiger partial charge on any atom is -0.475 e. The van der Waals surface area contributed by atoms with Crippen LogP contribution in [0.3, 0.4) is 0 Å². The molecule has 4 bridgehead atoms. The first-order valence-corrected chi connectivity index (χ1v) is 19.0. The van der Waals surface area contributed by atoms with Crippen LogP contribution in [0.5, 0.6) is 5.88 Å². The molecule has 1 atom stereocenters. The van der Waals surface area contributed by atoms with E-state index >= 15 is 0 Å². The summed E-state index contributed by atoms with van der Waals surface area (Å²) >= 11 is 0. The Morgan fingerprint density at radius 1 is 1.06 bits per heavy atom. The first-order valence-electron chi connectivity index (χ1n) is 17.6. The highest BCUT2D eigenvalue weighted by atomic mass is 32.2. The van der Waals surface area contributed by atoms with Crippen LogP contribution in [0.25, 0.3) is 11.3 Å². The van der Waals surface area contributed by atoms with Gasteiger partial charge in [-0.05, 0) is 109 Å². The standard InChI is InChI=1S/C37H44F3N5O6S/c1-21(2)51-35(47)41-26-12-14-27(15-13-26)45-28(19-36(16-17-36)37(38,39)40)20-50-32-24(5)31(30-22(3)8-6-9-23(30)4)42-34(43-32)44-52(48,49)29-11-7-10-25(18-29)33(45)46/h6-11,18,21,26-28H,12-17,19-20H2,1-5H3,(H,41,47)(H,42,43,44)/t26?,27?,28-/m1/s1. The van der Waals surface area contributed by atoms with E-state index in [0.717, 1.165) is 16.7 Å². The smallest absolute Gasteiger partial charge is 0.407 e. The van der Waals surface area contributed by atoms with E-state index in [0.29, 0.717) is 36.9 Å². The molecule has 2 aromatic carbocycles. The fraction of sp³-hybridized carbons (Fsp3) is 0.514. The van der Waals surface area contributed by atoms with Gasteiger partial charge in [-0.1, -0.05) is 24.3 Å². The zero-order valence-electron chi connectivity index (χ0n) is 29.8. The SMILES string of the molecule is Cc1cccc(C)c1-c1nc2nc(c1C)OC[C@@H](CC1(C(F)(F)F)CC1)N(C1CCC(NC(=O)OC(C)C)CC1)C(=O)c1cccc(c1)S(=O)(=O)N2. The van der Waals surface area contributed by atoms with Gasteiger partial charge < -0.3 is 19.7 Å². The van der Waals surface area contributed by atoms with Crippen molar-refractivity contribution in [3.05, 3.63) is 64.7 Å². The predicted octanol–water partition coefficient (Wildman–Crippen LogP) is 7.25. The highest BCUT2D eigenvalue weighted by Gasteiger charge is 2.64. The molecule has 0 spiro atoms. The van der Waals surface area contributed by atoms with Crippen LogP contribution >= 0.6 is 0 Å². The van der Waals surface area contributed by atoms with Gasteiger partial charge in [0.25, 0.3) is 15.9 Å². The number of carbonyl (C=O) groups excluding carboxylic acids is 2. The number of aryl methyl sites for hydroxylation is 2. The van der Waals surface area contributed by atoms with E-state index in [9.17, 15) is 31.2 Å². The van der Waals surface area contributed by atoms with Crippen molar-refractivity contribution in [3.63, 3.8) is 0 Å². The number of nitrogens with zero attached hydrogens (tertiary/aromatic N) is 3. The van der Waals surface area contributed by atoms with Crippen molar-refractivity contribution < 1.29 is 40.7 Å². The van der Waals surface area contributed by atoms with Gasteiger partial charge in [0.05, 0.1) is 28.2 Å². The zero-order chi connectivity index (χ0) is 37.6. The van der Waals surface area contributed by atoms with Gasteiger partial charge in [-0.15, -0.1) is 0 Å². The second kappa shape index (κ2) is 14.2. The number of nitrogens with one attached hydrogen (secondary N) is 2. The molecule has 280 valence electrons. The van der Waals surface area contributed by atoms with Crippen molar-refractivity contribution in [1.29, 1.82) is 0 Å². The van der Waals surface area contributed by atoms with Crippen LogP contribution < -0.4 is 14.8 Å². The number of rotatable bonds is 6. The van der Waals surface area contributed by atoms with Crippen LogP contribution in [0.1, 0.15) is 85.8 Å². The van der Waals surface area contributed by atoms with E-state index < -0.39 is 52.1 Å². The summed E-state index contributed by atoms with van der Waals surface area (Å²) in [6, 6.07) is 9.27. The van der Waals surface area contributed by atoms with Gasteiger partial charge in [0, 0.05) is 28.8 Å². The number of fused-ring (bicyclic) bond motifs is 4. The summed E-state index contributed by atoms with van der Waals surface area (Å²) < 4.78 is 85.3. The molecule has 2 N–H and O–H groups in total. The summed E-state index contributed by atoms with van der Waals surface area (Å²) in [6.07, 6.45) is -4.28. The number of carbonyl (C=O) groups is 2. The number of aromatic nitrogens is 2. The molecular weight excluding hydrogens is 699 g/mol. The number of hydrogen-bond donors (Lipinski definition) is 2. The largest absolute Gasteiger partial charge is 0.475 e. The third-order valence-corrected chi connectivity index (χ3v) is 11.6. The molecule has 1 aliphatic heterocycles. The second-order valence-electron chi connectivity index (χ2n) is 14.5. The number of ether oxygens (including phenoxy) is 2. The molecule has 2 aliphatic carbocycles. The van der Waals surface area contributed by atoms with Crippen LogP contribution in [0.2, 0.25) is 0 Å². The average molecular weight is 744 g/mol. The summed E-state index contributed by atoms with van der Waals surface area (Å²) in [5.41, 5.74) is 1.35. The number of anilines is 1. The third kappa shape index (κ3) is 7.69. The van der Waals surface area contributed by atoms with Gasteiger partial charge in [-0.25, -0.2) is 22.9 Å². The predicted molar refractivity (Wildman–Crippen MR) is 188 cm³/mol. The van der Waals surface area contributed by atoms with E-state index in [1.807, 2.05) is 32.0 Å². The Bertz CT molecular complexity index is 1940. The van der Waals surface area contributed by atoms with Crippen molar-refractivity contribution in [2.45, 2.75) is 115 Å². The van der Waals surface area contributed by atoms with Crippen molar-refractivity contribution in [2.75, 3.05) is 11.3 Å². The molecule has 1 aromatic heterocycles. The number of amides is 2. The Morgan fingerprint density at radius 3 is 2.33 bits per heavy atom. The van der Waals surface area contributed by atoms with E-state index in [1.165, 1.54) is 29.2 Å². The summed E-state index contributed by atoms with van der Waals surface area (Å²) in [7, 11) is -4.34. The lowest BCUT2D eigenvalue weighted by Crippen LogP contribution is -2.53. The molecular formula is C37H44F3N5O6S. The molecule has 6 rings (SSSR count). The number of alkyl carbamates (subject to hydrolysis) is 1. The Balaban J connectivity index is 1.45. The number of sulfonamides is 1. The summed E-state index contributed by atoms with van der Waals surface area (Å²) in [5, 5.41) is 2.85. The first-order chi connectivity index (χ1) is 24.5. The highest BCUT2D eigenvalue weighted by Crippen LogP contribution is 2.61. The maximum Gasteiger partial charge on any atom is 0.407 e. The molecule has 2 saturated carbocycles. The van der Waals surface area contributed by atoms with Crippen LogP contribution in [-0.2, 0) is 14.8 Å². The highest BCUT2D eigenvalue weighted by molar-refractivity contribution is 7.92. The average Bonchev–Trinajstić information content (AvgIpc) is 3.86. The van der Waals surface area contributed by atoms with E-state index in [2.05, 4.69) is 20.0 Å². The first kappa shape index (κ1) is 37.4. The quantitative estimate of drug-likeness (QED) is 0.269. The fourth-order valence-corrected chi connectivity index (χ4v) is 8.39. The van der Waals surface area contributed by atoms with E-state index in [-0.39, 0.29) is 53.9 Å². The maximum atomic E-state index is 14.6. The molecule has 3 aromatic rings. The van der Waals surface area contributed by atoms with E-state index in [4.69, 9.17) is 9.47 Å². The molecule has 2 amide bonds. The second-order valence-corrected chi connectivity index (χ2v) is 16.2. The lowest BCUT2D eigenvalue weighted by atomic mass is 9.87. The van der Waals surface area contributed by atoms with Crippen LogP contribution in [0.4, 0.5) is 23.9 Å². The Hall–Kier alpha value is -4.40. The fourth-order valence-electron chi connectivity index (χ4n) is 7.40. The van der Waals surface area contributed by atoms with Crippen molar-refractivity contribution >= 4 is 28.0 Å². The van der Waals surface area contributed by atoms with Crippen LogP contribution in [0, 0.1) is 26.2 Å². The van der Waals surface area contributed by atoms with Crippen molar-refractivity contribution in [2.24, 2.45) is 5.41 Å². The van der Waals surface area contributed by atoms with E-state index in [1.54, 1.807) is 20.8 Å². The van der Waals surface area contributed by atoms with Crippen molar-refractivity contribution in [1.82, 2.24) is 20.2 Å². The van der Waals surface area contributed by atoms with Gasteiger partial charge in [0.1, 0.15) is 6.61 Å². The Morgan fingerprint density at radius 2 is 1.71 bits per heavy atom. The summed E-state index contributed by atoms with van der Waals surface area (Å²) in [6.45, 7) is 8.64. The number of alkyl halides is 3. The normalized spacial score (nSPS) is 22.6. The summed E-state index contributed by atoms with van der Waals surface area (Å²) in [4.78, 5) is 37.2. The molecule has 15 heteroatoms. The molecule has 3 aliphatic rings. The summed E-state index contributed by atoms with van der Waals surface area (Å²) in [5.74, 6) is -0.898. The van der Waals surface area contributed by atoms with Gasteiger partial charge in [-0.2, -0.15) is 18.2 Å². The molecule has 52 heavy (non-hydrogen) atoms. The third-order valence-electron chi connectivity index (χ3n) is 10.3. The van der Waals surface area contributed by atoms with Gasteiger partial charge in [0.15, 0.2) is 0 Å². The number of halogens is 3. The lowest BCUT2D eigenvalue weighted by molar-refractivity contribution is -0.193. The van der Waals surface area contributed by atoms with Crippen LogP contribution in [-0.4, -0.2) is 72.3 Å². The minimum absolute atomic E-state index is 0.00442. The molecule has 2 heterocycles. The minimum atomic E-state index is -4.51. The number of hydrogen-bond acceptors (Lipinski definition) is 8. The molecule has 0 radical (unpaired) electrons. The maximum absolute atomic E-state index is 14.6. The molecule has 2 fully saturated rings. The van der Waals surface area contributed by atoms with Crippen LogP contribution in [0.15, 0.2) is 47.4 Å². The Kier molecular flexibility index (Phi) is 10.2. The zero-order valence-corrected chi connectivity index (χ0v) is 30.7. The molecule has 0 unspecified atom stereocenters. The lowest BCUT2D eigenvalue weighted by Gasteiger charge is -2.43. The topological polar surface area (TPSA) is 140 Å². The monoisotopic (exact) mass is 743 g/mol. The molecule has 0 saturated heterocycles. The van der Waals surface area contributed by atoms with Gasteiger partial charge in [-0.3, -0.25) is 4.79 Å². The Labute approximate surface area is 301 Å². The van der Waals surface area contributed by atoms with Gasteiger partial charge in [0.2, 0.25) is 11.8 Å². The number of benzene rings is 2.